The second kappa shape index (κ2) is 6.38. The second-order valence-electron chi connectivity index (χ2n) is 5.45. The van der Waals surface area contributed by atoms with Crippen LogP contribution < -0.4 is 5.32 Å². The Bertz CT molecular complexity index is 543. The van der Waals surface area contributed by atoms with Gasteiger partial charge in [0.25, 0.3) is 5.91 Å². The van der Waals surface area contributed by atoms with Crippen molar-refractivity contribution >= 4 is 17.8 Å². The molecule has 0 aliphatic carbocycles. The summed E-state index contributed by atoms with van der Waals surface area (Å²) >= 11 is 0. The van der Waals surface area contributed by atoms with Crippen LogP contribution in [0.2, 0.25) is 0 Å². The molecule has 8 heteroatoms. The van der Waals surface area contributed by atoms with E-state index in [0.717, 1.165) is 0 Å². The van der Waals surface area contributed by atoms with Gasteiger partial charge in [-0.15, -0.1) is 0 Å². The molecule has 0 bridgehead atoms. The lowest BCUT2D eigenvalue weighted by molar-refractivity contribution is -0.158. The Kier molecular flexibility index (Phi) is 5.07. The van der Waals surface area contributed by atoms with E-state index in [0.29, 0.717) is 0 Å². The number of esters is 1. The smallest absolute Gasteiger partial charge is 0.326 e. The van der Waals surface area contributed by atoms with Crippen LogP contribution in [-0.2, 0) is 14.3 Å². The number of nitrogens with zero attached hydrogens (tertiary/aromatic N) is 1. The van der Waals surface area contributed by atoms with Crippen molar-refractivity contribution in [2.24, 2.45) is 0 Å². The van der Waals surface area contributed by atoms with Crippen molar-refractivity contribution in [2.45, 2.75) is 45.8 Å². The van der Waals surface area contributed by atoms with Gasteiger partial charge in [0.15, 0.2) is 0 Å². The molecule has 1 atom stereocenters. The minimum absolute atomic E-state index is 0.116. The summed E-state index contributed by atoms with van der Waals surface area (Å²) in [6.45, 7) is 6.52. The summed E-state index contributed by atoms with van der Waals surface area (Å²) in [5, 5.41) is 14.7. The molecule has 1 aromatic rings. The largest absolute Gasteiger partial charge is 0.480 e. The first-order valence-electron chi connectivity index (χ1n) is 6.27. The van der Waals surface area contributed by atoms with Crippen molar-refractivity contribution in [3.05, 3.63) is 17.5 Å². The number of carbonyl (C=O) groups excluding carboxylic acids is 2. The molecule has 8 nitrogen and oxygen atoms in total. The number of hydrogen-bond acceptors (Lipinski definition) is 6. The van der Waals surface area contributed by atoms with Crippen molar-refractivity contribution in [1.82, 2.24) is 10.5 Å². The number of nitrogens with one attached hydrogen (secondary N) is 1. The van der Waals surface area contributed by atoms with Crippen molar-refractivity contribution in [2.75, 3.05) is 0 Å². The molecule has 0 aromatic carbocycles. The summed E-state index contributed by atoms with van der Waals surface area (Å²) in [6, 6.07) is -1.39. The summed E-state index contributed by atoms with van der Waals surface area (Å²) in [7, 11) is 0. The van der Waals surface area contributed by atoms with Crippen LogP contribution in [0.1, 0.15) is 43.3 Å². The first-order valence-corrected chi connectivity index (χ1v) is 6.27. The molecule has 0 unspecified atom stereocenters. The van der Waals surface area contributed by atoms with Crippen molar-refractivity contribution in [3.8, 4) is 0 Å². The summed E-state index contributed by atoms with van der Waals surface area (Å²) in [5.41, 5.74) is -0.611. The molecule has 1 heterocycles. The van der Waals surface area contributed by atoms with E-state index in [-0.39, 0.29) is 11.3 Å². The van der Waals surface area contributed by atoms with E-state index in [4.69, 9.17) is 14.4 Å². The van der Waals surface area contributed by atoms with Crippen molar-refractivity contribution < 1.29 is 28.8 Å². The SMILES string of the molecule is Cc1oncc1C(=O)N[C@@H](CC(=O)OC(C)(C)C)C(=O)O. The Hall–Kier alpha value is -2.38. The predicted molar refractivity (Wildman–Crippen MR) is 70.6 cm³/mol. The Morgan fingerprint density at radius 3 is 2.48 bits per heavy atom. The molecule has 21 heavy (non-hydrogen) atoms. The number of carbonyl (C=O) groups is 3. The number of carboxylic acids is 1. The Labute approximate surface area is 121 Å². The van der Waals surface area contributed by atoms with Crippen LogP contribution in [0.15, 0.2) is 10.7 Å². The van der Waals surface area contributed by atoms with Gasteiger partial charge in [-0.3, -0.25) is 9.59 Å². The molecule has 116 valence electrons. The Balaban J connectivity index is 2.71. The maximum Gasteiger partial charge on any atom is 0.326 e. The summed E-state index contributed by atoms with van der Waals surface area (Å²) < 4.78 is 9.75. The topological polar surface area (TPSA) is 119 Å². The van der Waals surface area contributed by atoms with Crippen LogP contribution >= 0.6 is 0 Å². The number of hydrogen-bond donors (Lipinski definition) is 2. The third-order valence-electron chi connectivity index (χ3n) is 2.39. The molecule has 1 aromatic heterocycles. The average molecular weight is 298 g/mol. The second-order valence-corrected chi connectivity index (χ2v) is 5.45. The summed E-state index contributed by atoms with van der Waals surface area (Å²) in [4.78, 5) is 34.7. The van der Waals surface area contributed by atoms with Crippen LogP contribution in [0, 0.1) is 6.92 Å². The Morgan fingerprint density at radius 2 is 2.05 bits per heavy atom. The molecule has 2 N–H and O–H groups in total. The number of aryl methyl sites for hydroxylation is 1. The highest BCUT2D eigenvalue weighted by Gasteiger charge is 2.27. The van der Waals surface area contributed by atoms with Gasteiger partial charge in [-0.25, -0.2) is 4.79 Å². The zero-order valence-electron chi connectivity index (χ0n) is 12.3. The number of ether oxygens (including phenoxy) is 1. The number of aromatic nitrogens is 1. The van der Waals surface area contributed by atoms with E-state index in [1.807, 2.05) is 0 Å². The fourth-order valence-electron chi connectivity index (χ4n) is 1.50. The normalized spacial score (nSPS) is 12.6. The van der Waals surface area contributed by atoms with Crippen molar-refractivity contribution in [3.63, 3.8) is 0 Å². The number of carboxylic acid groups (broad SMARTS) is 1. The van der Waals surface area contributed by atoms with Gasteiger partial charge in [0.1, 0.15) is 23.0 Å². The molecule has 0 radical (unpaired) electrons. The summed E-state index contributed by atoms with van der Waals surface area (Å²) in [6.07, 6.45) is 0.708. The minimum Gasteiger partial charge on any atom is -0.480 e. The standard InChI is InChI=1S/C13H18N2O6/c1-7-8(6-14-21-7)11(17)15-9(12(18)19)5-10(16)20-13(2,3)4/h6,9H,5H2,1-4H3,(H,15,17)(H,18,19)/t9-/m0/s1. The Morgan fingerprint density at radius 1 is 1.43 bits per heavy atom. The fraction of sp³-hybridized carbons (Fsp3) is 0.538. The molecule has 0 fully saturated rings. The van der Waals surface area contributed by atoms with Gasteiger partial charge in [-0.2, -0.15) is 0 Å². The number of rotatable bonds is 5. The molecule has 0 saturated heterocycles. The first-order chi connectivity index (χ1) is 9.60. The van der Waals surface area contributed by atoms with Crippen LogP contribution in [0.25, 0.3) is 0 Å². The lowest BCUT2D eigenvalue weighted by Gasteiger charge is -2.21. The highest BCUT2D eigenvalue weighted by Crippen LogP contribution is 2.11. The summed E-state index contributed by atoms with van der Waals surface area (Å²) in [5.74, 6) is -2.46. The van der Waals surface area contributed by atoms with Crippen LogP contribution in [-0.4, -0.2) is 39.8 Å². The third-order valence-corrected chi connectivity index (χ3v) is 2.39. The van der Waals surface area contributed by atoms with Crippen LogP contribution in [0.5, 0.6) is 0 Å². The molecule has 0 aliphatic heterocycles. The average Bonchev–Trinajstić information content (AvgIpc) is 2.71. The zero-order valence-corrected chi connectivity index (χ0v) is 12.3. The molecule has 0 spiro atoms. The molecule has 1 amide bonds. The molecule has 0 aliphatic rings. The lowest BCUT2D eigenvalue weighted by Crippen LogP contribution is -2.43. The predicted octanol–water partition coefficient (Wildman–Crippen LogP) is 0.898. The van der Waals surface area contributed by atoms with Gasteiger partial charge in [-0.05, 0) is 27.7 Å². The number of aliphatic carboxylic acids is 1. The van der Waals surface area contributed by atoms with Gasteiger partial charge in [-0.1, -0.05) is 5.16 Å². The van der Waals surface area contributed by atoms with Crippen molar-refractivity contribution in [1.29, 1.82) is 0 Å². The van der Waals surface area contributed by atoms with Gasteiger partial charge in [0, 0.05) is 0 Å². The van der Waals surface area contributed by atoms with Gasteiger partial charge >= 0.3 is 11.9 Å². The third kappa shape index (κ3) is 5.25. The van der Waals surface area contributed by atoms with Gasteiger partial charge in [0.2, 0.25) is 0 Å². The van der Waals surface area contributed by atoms with E-state index in [1.54, 1.807) is 20.8 Å². The fourth-order valence-corrected chi connectivity index (χ4v) is 1.50. The highest BCUT2D eigenvalue weighted by atomic mass is 16.6. The first kappa shape index (κ1) is 16.7. The molecule has 1 rings (SSSR count). The van der Waals surface area contributed by atoms with Gasteiger partial charge in [0.05, 0.1) is 12.6 Å². The minimum atomic E-state index is -1.39. The quantitative estimate of drug-likeness (QED) is 0.775. The molecular formula is C13H18N2O6. The number of amides is 1. The van der Waals surface area contributed by atoms with Gasteiger partial charge < -0.3 is 19.7 Å². The van der Waals surface area contributed by atoms with Crippen LogP contribution in [0.3, 0.4) is 0 Å². The maximum absolute atomic E-state index is 11.9. The van der Waals surface area contributed by atoms with E-state index in [9.17, 15) is 14.4 Å². The molecular weight excluding hydrogens is 280 g/mol. The van der Waals surface area contributed by atoms with E-state index in [1.165, 1.54) is 13.1 Å². The van der Waals surface area contributed by atoms with Crippen LogP contribution in [0.4, 0.5) is 0 Å². The van der Waals surface area contributed by atoms with E-state index < -0.39 is 35.9 Å². The zero-order chi connectivity index (χ0) is 16.2. The van der Waals surface area contributed by atoms with E-state index in [2.05, 4.69) is 10.5 Å². The van der Waals surface area contributed by atoms with E-state index >= 15 is 0 Å². The monoisotopic (exact) mass is 298 g/mol. The molecule has 0 saturated carbocycles. The lowest BCUT2D eigenvalue weighted by atomic mass is 10.1. The highest BCUT2D eigenvalue weighted by molar-refractivity contribution is 5.97. The maximum atomic E-state index is 11.9.